The summed E-state index contributed by atoms with van der Waals surface area (Å²) in [4.78, 5) is 0. The fourth-order valence-electron chi connectivity index (χ4n) is 10.3. The molecule has 0 radical (unpaired) electrons. The molecule has 2 aliphatic carbocycles. The maximum atomic E-state index is 2.47. The van der Waals surface area contributed by atoms with Crippen LogP contribution in [-0.2, 0) is 5.41 Å². The lowest BCUT2D eigenvalue weighted by molar-refractivity contribution is 0.661. The van der Waals surface area contributed by atoms with Crippen LogP contribution in [0.5, 0.6) is 0 Å². The van der Waals surface area contributed by atoms with Crippen LogP contribution in [0.2, 0.25) is 0 Å². The van der Waals surface area contributed by atoms with E-state index >= 15 is 0 Å². The summed E-state index contributed by atoms with van der Waals surface area (Å²) in [6.45, 7) is 4.78. The van der Waals surface area contributed by atoms with Gasteiger partial charge in [0.2, 0.25) is 0 Å². The SMILES string of the molecule is CC1(C)c2cc(-c3ccc(-c4c5c(c(-c6ccccc6)c6ccccc46)-c4cccc6cccc-5c46)cc3-c3ccccc3)ccc2-c2cc3ccccc3cc21. The Balaban J connectivity index is 1.12. The van der Waals surface area contributed by atoms with Gasteiger partial charge in [-0.05, 0) is 146 Å². The van der Waals surface area contributed by atoms with Crippen molar-refractivity contribution in [3.8, 4) is 77.9 Å². The molecule has 0 bridgehead atoms. The van der Waals surface area contributed by atoms with Crippen molar-refractivity contribution in [2.24, 2.45) is 0 Å². The quantitative estimate of drug-likeness (QED) is 0.170. The van der Waals surface area contributed by atoms with Gasteiger partial charge in [0.05, 0.1) is 0 Å². The molecule has 266 valence electrons. The highest BCUT2D eigenvalue weighted by Gasteiger charge is 2.36. The number of hydrogen-bond donors (Lipinski definition) is 0. The lowest BCUT2D eigenvalue weighted by Gasteiger charge is -2.23. The first-order chi connectivity index (χ1) is 28.0. The molecule has 0 atom stereocenters. The fourth-order valence-corrected chi connectivity index (χ4v) is 10.3. The molecule has 0 saturated carbocycles. The van der Waals surface area contributed by atoms with Crippen molar-refractivity contribution in [1.82, 2.24) is 0 Å². The number of rotatable bonds is 4. The maximum absolute atomic E-state index is 2.47. The van der Waals surface area contributed by atoms with Crippen LogP contribution < -0.4 is 0 Å². The molecule has 0 heterocycles. The number of benzene rings is 10. The van der Waals surface area contributed by atoms with E-state index in [4.69, 9.17) is 0 Å². The molecule has 2 aliphatic rings. The highest BCUT2D eigenvalue weighted by molar-refractivity contribution is 6.27. The Hall–Kier alpha value is -7.02. The maximum Gasteiger partial charge on any atom is 0.0159 e. The molecule has 0 unspecified atom stereocenters. The summed E-state index contributed by atoms with van der Waals surface area (Å²) >= 11 is 0. The second kappa shape index (κ2) is 12.0. The van der Waals surface area contributed by atoms with Gasteiger partial charge in [0.1, 0.15) is 0 Å². The first kappa shape index (κ1) is 32.2. The number of hydrogen-bond acceptors (Lipinski definition) is 0. The third-order valence-electron chi connectivity index (χ3n) is 13.0. The Morgan fingerprint density at radius 1 is 0.281 bits per heavy atom. The Kier molecular flexibility index (Phi) is 6.78. The minimum absolute atomic E-state index is 0.118. The molecule has 57 heavy (non-hydrogen) atoms. The Morgan fingerprint density at radius 2 is 0.807 bits per heavy atom. The van der Waals surface area contributed by atoms with Crippen molar-refractivity contribution in [3.05, 3.63) is 205 Å². The Labute approximate surface area is 333 Å². The van der Waals surface area contributed by atoms with Gasteiger partial charge in [-0.1, -0.05) is 184 Å². The third-order valence-corrected chi connectivity index (χ3v) is 13.0. The zero-order valence-electron chi connectivity index (χ0n) is 32.0. The predicted octanol–water partition coefficient (Wildman–Crippen LogP) is 15.8. The zero-order chi connectivity index (χ0) is 37.8. The Morgan fingerprint density at radius 3 is 1.49 bits per heavy atom. The molecule has 10 aromatic rings. The second-order valence-corrected chi connectivity index (χ2v) is 16.4. The summed E-state index contributed by atoms with van der Waals surface area (Å²) < 4.78 is 0. The molecule has 0 N–H and O–H groups in total. The van der Waals surface area contributed by atoms with Crippen LogP contribution in [0.25, 0.3) is 110 Å². The molecule has 0 amide bonds. The van der Waals surface area contributed by atoms with Crippen LogP contribution >= 0.6 is 0 Å². The lowest BCUT2D eigenvalue weighted by Crippen LogP contribution is -2.15. The molecule has 12 rings (SSSR count). The molecule has 0 aliphatic heterocycles. The van der Waals surface area contributed by atoms with Gasteiger partial charge in [0.15, 0.2) is 0 Å². The van der Waals surface area contributed by atoms with Crippen molar-refractivity contribution in [2.45, 2.75) is 19.3 Å². The van der Waals surface area contributed by atoms with E-state index < -0.39 is 0 Å². The summed E-state index contributed by atoms with van der Waals surface area (Å²) in [6.07, 6.45) is 0. The number of fused-ring (bicyclic) bond motifs is 8. The van der Waals surface area contributed by atoms with Crippen LogP contribution in [0.3, 0.4) is 0 Å². The van der Waals surface area contributed by atoms with Crippen LogP contribution in [-0.4, -0.2) is 0 Å². The Bertz CT molecular complexity index is 3290. The zero-order valence-corrected chi connectivity index (χ0v) is 32.0. The minimum Gasteiger partial charge on any atom is -0.0622 e. The van der Waals surface area contributed by atoms with Gasteiger partial charge in [0, 0.05) is 5.41 Å². The minimum atomic E-state index is -0.118. The van der Waals surface area contributed by atoms with Crippen molar-refractivity contribution in [3.63, 3.8) is 0 Å². The van der Waals surface area contributed by atoms with Crippen LogP contribution in [0.15, 0.2) is 194 Å². The average Bonchev–Trinajstić information content (AvgIpc) is 3.70. The van der Waals surface area contributed by atoms with Crippen molar-refractivity contribution >= 4 is 32.3 Å². The summed E-state index contributed by atoms with van der Waals surface area (Å²) in [5.41, 5.74) is 20.7. The van der Waals surface area contributed by atoms with E-state index in [9.17, 15) is 0 Å². The predicted molar refractivity (Wildman–Crippen MR) is 243 cm³/mol. The average molecular weight is 723 g/mol. The summed E-state index contributed by atoms with van der Waals surface area (Å²) in [5, 5.41) is 7.77. The van der Waals surface area contributed by atoms with Crippen LogP contribution in [0.4, 0.5) is 0 Å². The first-order valence-electron chi connectivity index (χ1n) is 20.1. The standard InChI is InChI=1S/C57H38/c1-57(2)50-34-40(27-30-43(50)49-31-38-19-9-10-20-39(38)33-51(49)57)42-29-28-41(32-48(42)35-15-5-3-6-16-35)54-45-24-12-11-23-44(45)53(37-17-7-4-8-18-37)55-46-25-13-21-36-22-14-26-47(52(36)46)56(54)55/h3-34H,1-2H3. The van der Waals surface area contributed by atoms with Crippen molar-refractivity contribution in [1.29, 1.82) is 0 Å². The molecular formula is C57H38. The normalized spacial score (nSPS) is 13.2. The fraction of sp³-hybridized carbons (Fsp3) is 0.0526. The molecular weight excluding hydrogens is 685 g/mol. The summed E-state index contributed by atoms with van der Waals surface area (Å²) in [6, 6.07) is 72.7. The van der Waals surface area contributed by atoms with E-state index in [0.29, 0.717) is 0 Å². The topological polar surface area (TPSA) is 0 Å². The summed E-state index contributed by atoms with van der Waals surface area (Å²) in [5.74, 6) is 0. The second-order valence-electron chi connectivity index (χ2n) is 16.4. The van der Waals surface area contributed by atoms with Crippen LogP contribution in [0.1, 0.15) is 25.0 Å². The monoisotopic (exact) mass is 722 g/mol. The van der Waals surface area contributed by atoms with Gasteiger partial charge in [0.25, 0.3) is 0 Å². The largest absolute Gasteiger partial charge is 0.0622 e. The van der Waals surface area contributed by atoms with Gasteiger partial charge >= 0.3 is 0 Å². The molecule has 0 saturated heterocycles. The van der Waals surface area contributed by atoms with E-state index in [1.165, 1.54) is 121 Å². The van der Waals surface area contributed by atoms with E-state index in [2.05, 4.69) is 208 Å². The van der Waals surface area contributed by atoms with Gasteiger partial charge < -0.3 is 0 Å². The van der Waals surface area contributed by atoms with Gasteiger partial charge in [-0.25, -0.2) is 0 Å². The van der Waals surface area contributed by atoms with Crippen molar-refractivity contribution < 1.29 is 0 Å². The van der Waals surface area contributed by atoms with E-state index in [1.54, 1.807) is 0 Å². The van der Waals surface area contributed by atoms with E-state index in [0.717, 1.165) is 0 Å². The highest BCUT2D eigenvalue weighted by Crippen LogP contribution is 2.58. The van der Waals surface area contributed by atoms with E-state index in [-0.39, 0.29) is 5.41 Å². The van der Waals surface area contributed by atoms with Gasteiger partial charge in [-0.15, -0.1) is 0 Å². The highest BCUT2D eigenvalue weighted by atomic mass is 14.4. The van der Waals surface area contributed by atoms with Crippen LogP contribution in [0, 0.1) is 0 Å². The molecule has 0 fully saturated rings. The van der Waals surface area contributed by atoms with Gasteiger partial charge in [-0.3, -0.25) is 0 Å². The lowest BCUT2D eigenvalue weighted by atomic mass is 9.80. The third kappa shape index (κ3) is 4.62. The molecule has 0 heteroatoms. The van der Waals surface area contributed by atoms with Gasteiger partial charge in [-0.2, -0.15) is 0 Å². The smallest absolute Gasteiger partial charge is 0.0159 e. The molecule has 10 aromatic carbocycles. The molecule has 0 aromatic heterocycles. The first-order valence-corrected chi connectivity index (χ1v) is 20.1. The van der Waals surface area contributed by atoms with E-state index in [1.807, 2.05) is 0 Å². The van der Waals surface area contributed by atoms with Crippen molar-refractivity contribution in [2.75, 3.05) is 0 Å². The molecule has 0 nitrogen and oxygen atoms in total. The molecule has 0 spiro atoms. The summed E-state index contributed by atoms with van der Waals surface area (Å²) in [7, 11) is 0.